The van der Waals surface area contributed by atoms with E-state index in [1.54, 1.807) is 0 Å². The van der Waals surface area contributed by atoms with Crippen LogP contribution in [0.25, 0.3) is 0 Å². The van der Waals surface area contributed by atoms with Gasteiger partial charge in [0.2, 0.25) is 0 Å². The van der Waals surface area contributed by atoms with Crippen LogP contribution in [0.5, 0.6) is 0 Å². The van der Waals surface area contributed by atoms with Crippen LogP contribution < -0.4 is 0 Å². The van der Waals surface area contributed by atoms with Gasteiger partial charge in [0.25, 0.3) is 0 Å². The van der Waals surface area contributed by atoms with Gasteiger partial charge in [-0.1, -0.05) is 6.42 Å². The molecule has 1 aliphatic carbocycles. The zero-order valence-electron chi connectivity index (χ0n) is 8.42. The Bertz CT molecular complexity index is 238. The summed E-state index contributed by atoms with van der Waals surface area (Å²) in [4.78, 5) is 11.5. The summed E-state index contributed by atoms with van der Waals surface area (Å²) in [6.07, 6.45) is -2.97. The third-order valence-corrected chi connectivity index (χ3v) is 2.89. The van der Waals surface area contributed by atoms with E-state index in [1.807, 2.05) is 0 Å². The summed E-state index contributed by atoms with van der Waals surface area (Å²) in [5.74, 6) is -1.41. The molecule has 1 saturated carbocycles. The Morgan fingerprint density at radius 1 is 1.53 bits per heavy atom. The predicted molar refractivity (Wildman–Crippen MR) is 47.5 cm³/mol. The Labute approximate surface area is 85.9 Å². The Hall–Kier alpha value is -0.780. The van der Waals surface area contributed by atoms with Gasteiger partial charge in [0.05, 0.1) is 6.42 Å². The lowest BCUT2D eigenvalue weighted by atomic mass is 9.90. The van der Waals surface area contributed by atoms with Crippen LogP contribution in [0.4, 0.5) is 13.2 Å². The lowest BCUT2D eigenvalue weighted by molar-refractivity contribution is -0.195. The molecule has 0 aromatic heterocycles. The summed E-state index contributed by atoms with van der Waals surface area (Å²) >= 11 is 0. The van der Waals surface area contributed by atoms with Crippen LogP contribution in [-0.4, -0.2) is 41.3 Å². The molecule has 1 N–H and O–H groups in total. The van der Waals surface area contributed by atoms with E-state index in [4.69, 9.17) is 5.11 Å². The summed E-state index contributed by atoms with van der Waals surface area (Å²) in [5.41, 5.74) is 0. The summed E-state index contributed by atoms with van der Waals surface area (Å²) < 4.78 is 37.6. The van der Waals surface area contributed by atoms with Crippen molar-refractivity contribution in [3.8, 4) is 0 Å². The highest BCUT2D eigenvalue weighted by atomic mass is 19.4. The van der Waals surface area contributed by atoms with Gasteiger partial charge in [-0.2, -0.15) is 13.2 Å². The molecule has 1 rings (SSSR count). The van der Waals surface area contributed by atoms with Gasteiger partial charge < -0.3 is 5.11 Å². The predicted octanol–water partition coefficient (Wildman–Crippen LogP) is 1.88. The number of carbonyl (C=O) groups is 1. The van der Waals surface area contributed by atoms with Gasteiger partial charge in [0.15, 0.2) is 0 Å². The lowest BCUT2D eigenvalue weighted by Gasteiger charge is -2.40. The normalized spacial score (nSPS) is 20.1. The molecule has 15 heavy (non-hydrogen) atoms. The van der Waals surface area contributed by atoms with Gasteiger partial charge in [-0.15, -0.1) is 0 Å². The fourth-order valence-corrected chi connectivity index (χ4v) is 1.70. The van der Waals surface area contributed by atoms with E-state index in [-0.39, 0.29) is 6.04 Å². The average Bonchev–Trinajstić information content (AvgIpc) is 1.93. The smallest absolute Gasteiger partial charge is 0.404 e. The molecule has 0 heterocycles. The number of nitrogens with zero attached hydrogens (tertiary/aromatic N) is 1. The molecule has 0 radical (unpaired) electrons. The van der Waals surface area contributed by atoms with Crippen LogP contribution in [0.1, 0.15) is 25.7 Å². The van der Waals surface area contributed by atoms with Crippen LogP contribution in [0.15, 0.2) is 0 Å². The van der Waals surface area contributed by atoms with Crippen molar-refractivity contribution < 1.29 is 23.1 Å². The Balaban J connectivity index is 2.65. The molecule has 1 aliphatic rings. The number of hydrogen-bond acceptors (Lipinski definition) is 2. The highest BCUT2D eigenvalue weighted by Crippen LogP contribution is 2.33. The first-order valence-corrected chi connectivity index (χ1v) is 4.83. The van der Waals surface area contributed by atoms with E-state index in [0.29, 0.717) is 0 Å². The number of rotatable bonds is 4. The van der Waals surface area contributed by atoms with E-state index in [0.717, 1.165) is 24.2 Å². The van der Waals surface area contributed by atoms with E-state index in [1.165, 1.54) is 7.05 Å². The maximum absolute atomic E-state index is 12.5. The average molecular weight is 225 g/mol. The fraction of sp³-hybridized carbons (Fsp3) is 0.889. The minimum Gasteiger partial charge on any atom is -0.481 e. The van der Waals surface area contributed by atoms with Crippen molar-refractivity contribution in [2.45, 2.75) is 43.9 Å². The highest BCUT2D eigenvalue weighted by molar-refractivity contribution is 5.67. The molecule has 3 nitrogen and oxygen atoms in total. The molecule has 0 aliphatic heterocycles. The zero-order valence-corrected chi connectivity index (χ0v) is 8.42. The molecule has 6 heteroatoms. The molecule has 0 saturated heterocycles. The summed E-state index contributed by atoms with van der Waals surface area (Å²) in [6.45, 7) is 0. The molecule has 0 bridgehead atoms. The number of halogens is 3. The third-order valence-electron chi connectivity index (χ3n) is 2.89. The van der Waals surface area contributed by atoms with Crippen molar-refractivity contribution in [3.05, 3.63) is 0 Å². The minimum absolute atomic E-state index is 0.115. The molecule has 88 valence electrons. The standard InChI is InChI=1S/C9H14F3NO2/c1-13(6-3-2-4-6)7(5-8(14)15)9(10,11)12/h6-7H,2-5H2,1H3,(H,14,15). The van der Waals surface area contributed by atoms with E-state index in [2.05, 4.69) is 0 Å². The number of alkyl halides is 3. The zero-order chi connectivity index (χ0) is 11.6. The SMILES string of the molecule is CN(C1CCC1)C(CC(=O)O)C(F)(F)F. The van der Waals surface area contributed by atoms with E-state index in [9.17, 15) is 18.0 Å². The summed E-state index contributed by atoms with van der Waals surface area (Å²) in [6, 6.07) is -1.98. The van der Waals surface area contributed by atoms with Crippen LogP contribution in [0.2, 0.25) is 0 Å². The van der Waals surface area contributed by atoms with Crippen LogP contribution in [-0.2, 0) is 4.79 Å². The first-order valence-electron chi connectivity index (χ1n) is 4.83. The second-order valence-electron chi connectivity index (χ2n) is 3.91. The maximum Gasteiger partial charge on any atom is 0.404 e. The van der Waals surface area contributed by atoms with Crippen LogP contribution in [0.3, 0.4) is 0 Å². The molecular weight excluding hydrogens is 211 g/mol. The molecule has 0 aromatic rings. The Kier molecular flexibility index (Phi) is 3.59. The van der Waals surface area contributed by atoms with E-state index < -0.39 is 24.6 Å². The van der Waals surface area contributed by atoms with Gasteiger partial charge >= 0.3 is 12.1 Å². The van der Waals surface area contributed by atoms with E-state index >= 15 is 0 Å². The molecule has 1 atom stereocenters. The topological polar surface area (TPSA) is 40.5 Å². The first-order chi connectivity index (χ1) is 6.82. The second kappa shape index (κ2) is 4.38. The van der Waals surface area contributed by atoms with Crippen molar-refractivity contribution in [2.75, 3.05) is 7.05 Å². The number of carboxylic acid groups (broad SMARTS) is 1. The van der Waals surface area contributed by atoms with Crippen LogP contribution in [0, 0.1) is 0 Å². The van der Waals surface area contributed by atoms with Gasteiger partial charge in [0, 0.05) is 6.04 Å². The van der Waals surface area contributed by atoms with Crippen molar-refractivity contribution in [1.29, 1.82) is 0 Å². The monoisotopic (exact) mass is 225 g/mol. The lowest BCUT2D eigenvalue weighted by Crippen LogP contribution is -2.51. The number of carboxylic acids is 1. The van der Waals surface area contributed by atoms with Gasteiger partial charge in [-0.25, -0.2) is 0 Å². The minimum atomic E-state index is -4.47. The molecule has 1 unspecified atom stereocenters. The summed E-state index contributed by atoms with van der Waals surface area (Å²) in [7, 11) is 1.35. The molecule has 0 aromatic carbocycles. The molecule has 0 amide bonds. The quantitative estimate of drug-likeness (QED) is 0.794. The second-order valence-corrected chi connectivity index (χ2v) is 3.91. The van der Waals surface area contributed by atoms with Crippen molar-refractivity contribution in [1.82, 2.24) is 4.90 Å². The molecule has 1 fully saturated rings. The summed E-state index contributed by atoms with van der Waals surface area (Å²) in [5, 5.41) is 8.44. The van der Waals surface area contributed by atoms with Crippen molar-refractivity contribution >= 4 is 5.97 Å². The molecular formula is C9H14F3NO2. The van der Waals surface area contributed by atoms with Gasteiger partial charge in [-0.05, 0) is 19.9 Å². The van der Waals surface area contributed by atoms with Crippen LogP contribution >= 0.6 is 0 Å². The molecule has 0 spiro atoms. The number of hydrogen-bond donors (Lipinski definition) is 1. The Morgan fingerprint density at radius 3 is 2.33 bits per heavy atom. The number of aliphatic carboxylic acids is 1. The Morgan fingerprint density at radius 2 is 2.07 bits per heavy atom. The largest absolute Gasteiger partial charge is 0.481 e. The van der Waals surface area contributed by atoms with Gasteiger partial charge in [-0.3, -0.25) is 9.69 Å². The highest BCUT2D eigenvalue weighted by Gasteiger charge is 2.46. The van der Waals surface area contributed by atoms with Gasteiger partial charge in [0.1, 0.15) is 6.04 Å². The third kappa shape index (κ3) is 3.09. The fourth-order valence-electron chi connectivity index (χ4n) is 1.70. The maximum atomic E-state index is 12.5. The van der Waals surface area contributed by atoms with Crippen molar-refractivity contribution in [2.24, 2.45) is 0 Å². The first kappa shape index (κ1) is 12.3. The van der Waals surface area contributed by atoms with Crippen molar-refractivity contribution in [3.63, 3.8) is 0 Å².